The molecule has 1 aliphatic carbocycles. The quantitative estimate of drug-likeness (QED) is 0.768. The molecule has 0 saturated heterocycles. The van der Waals surface area contributed by atoms with Crippen molar-refractivity contribution in [2.24, 2.45) is 5.92 Å². The van der Waals surface area contributed by atoms with Crippen LogP contribution < -0.4 is 5.32 Å². The van der Waals surface area contributed by atoms with Crippen LogP contribution >= 0.6 is 23.1 Å². The van der Waals surface area contributed by atoms with Crippen LogP contribution in [0.3, 0.4) is 0 Å². The average molecular weight is 365 g/mol. The molecule has 3 atom stereocenters. The fraction of sp³-hybridized carbons (Fsp3) is 0.588. The molecular weight excluding hydrogens is 340 g/mol. The Balaban J connectivity index is 1.51. The molecule has 0 aliphatic heterocycles. The molecule has 0 radical (unpaired) electrons. The minimum absolute atomic E-state index is 0.0864. The normalized spacial score (nSPS) is 22.2. The lowest BCUT2D eigenvalue weighted by atomic mass is 9.86. The van der Waals surface area contributed by atoms with E-state index in [1.165, 1.54) is 35.9 Å². The Kier molecular flexibility index (Phi) is 5.94. The highest BCUT2D eigenvalue weighted by atomic mass is 32.2. The number of H-pyrrole nitrogens is 1. The largest absolute Gasteiger partial charge is 0.352 e. The third-order valence-electron chi connectivity index (χ3n) is 4.52. The van der Waals surface area contributed by atoms with Gasteiger partial charge >= 0.3 is 0 Å². The van der Waals surface area contributed by atoms with E-state index in [1.807, 2.05) is 13.0 Å². The number of hydrogen-bond donors (Lipinski definition) is 2. The van der Waals surface area contributed by atoms with Gasteiger partial charge < -0.3 is 5.32 Å². The van der Waals surface area contributed by atoms with Crippen molar-refractivity contribution < 1.29 is 4.79 Å². The van der Waals surface area contributed by atoms with E-state index in [0.717, 1.165) is 18.7 Å². The fourth-order valence-electron chi connectivity index (χ4n) is 3.03. The molecule has 24 heavy (non-hydrogen) atoms. The summed E-state index contributed by atoms with van der Waals surface area (Å²) in [5.41, 5.74) is 0. The SMILES string of the molecule is CC(Sc1n[nH]c(Cc2cccs2)n1)C(=O)NC1CCCCC1C. The van der Waals surface area contributed by atoms with Crippen LogP contribution in [-0.4, -0.2) is 32.4 Å². The van der Waals surface area contributed by atoms with Crippen LogP contribution in [0.25, 0.3) is 0 Å². The van der Waals surface area contributed by atoms with Gasteiger partial charge in [-0.05, 0) is 37.1 Å². The number of thiophene rings is 1. The number of amides is 1. The number of hydrogen-bond acceptors (Lipinski definition) is 5. The summed E-state index contributed by atoms with van der Waals surface area (Å²) in [5.74, 6) is 1.50. The van der Waals surface area contributed by atoms with Crippen LogP contribution in [0.5, 0.6) is 0 Å². The molecular formula is C17H24N4OS2. The third kappa shape index (κ3) is 4.60. The van der Waals surface area contributed by atoms with E-state index in [1.54, 1.807) is 11.3 Å². The van der Waals surface area contributed by atoms with E-state index in [-0.39, 0.29) is 11.2 Å². The molecule has 7 heteroatoms. The van der Waals surface area contributed by atoms with E-state index >= 15 is 0 Å². The number of nitrogens with one attached hydrogen (secondary N) is 2. The predicted molar refractivity (Wildman–Crippen MR) is 98.4 cm³/mol. The second kappa shape index (κ2) is 8.16. The number of aromatic amines is 1. The van der Waals surface area contributed by atoms with Gasteiger partial charge in [-0.1, -0.05) is 37.6 Å². The van der Waals surface area contributed by atoms with Gasteiger partial charge in [0, 0.05) is 17.3 Å². The molecule has 1 amide bonds. The van der Waals surface area contributed by atoms with Crippen molar-refractivity contribution in [1.29, 1.82) is 0 Å². The molecule has 0 bridgehead atoms. The van der Waals surface area contributed by atoms with Gasteiger partial charge in [-0.2, -0.15) is 0 Å². The minimum atomic E-state index is -0.190. The first kappa shape index (κ1) is 17.5. The number of rotatable bonds is 6. The molecule has 5 nitrogen and oxygen atoms in total. The highest BCUT2D eigenvalue weighted by molar-refractivity contribution is 8.00. The highest BCUT2D eigenvalue weighted by Crippen LogP contribution is 2.25. The van der Waals surface area contributed by atoms with Crippen LogP contribution in [-0.2, 0) is 11.2 Å². The average Bonchev–Trinajstić information content (AvgIpc) is 3.22. The lowest BCUT2D eigenvalue weighted by Crippen LogP contribution is -2.44. The van der Waals surface area contributed by atoms with E-state index in [4.69, 9.17) is 0 Å². The van der Waals surface area contributed by atoms with Gasteiger partial charge in [0.25, 0.3) is 0 Å². The summed E-state index contributed by atoms with van der Waals surface area (Å²) >= 11 is 3.12. The van der Waals surface area contributed by atoms with Gasteiger partial charge in [0.2, 0.25) is 11.1 Å². The number of aromatic nitrogens is 3. The molecule has 2 aromatic rings. The summed E-state index contributed by atoms with van der Waals surface area (Å²) in [5, 5.41) is 12.9. The molecule has 0 spiro atoms. The minimum Gasteiger partial charge on any atom is -0.352 e. The molecule has 2 heterocycles. The smallest absolute Gasteiger partial charge is 0.233 e. The van der Waals surface area contributed by atoms with Gasteiger partial charge in [0.1, 0.15) is 5.82 Å². The summed E-state index contributed by atoms with van der Waals surface area (Å²) in [6.45, 7) is 4.15. The maximum atomic E-state index is 12.4. The lowest BCUT2D eigenvalue weighted by molar-refractivity contribution is -0.121. The van der Waals surface area contributed by atoms with E-state index in [2.05, 4.69) is 38.9 Å². The molecule has 130 valence electrons. The molecule has 2 N–H and O–H groups in total. The number of carbonyl (C=O) groups excluding carboxylic acids is 1. The van der Waals surface area contributed by atoms with Crippen molar-refractivity contribution in [2.45, 2.75) is 62.4 Å². The van der Waals surface area contributed by atoms with Gasteiger partial charge in [0.15, 0.2) is 0 Å². The first-order valence-electron chi connectivity index (χ1n) is 8.52. The Labute approximate surface area is 151 Å². The van der Waals surface area contributed by atoms with Crippen molar-refractivity contribution in [3.63, 3.8) is 0 Å². The van der Waals surface area contributed by atoms with Crippen LogP contribution in [0.15, 0.2) is 22.7 Å². The monoisotopic (exact) mass is 364 g/mol. The lowest BCUT2D eigenvalue weighted by Gasteiger charge is -2.30. The predicted octanol–water partition coefficient (Wildman–Crippen LogP) is 3.63. The molecule has 2 aromatic heterocycles. The van der Waals surface area contributed by atoms with Gasteiger partial charge in [0.05, 0.1) is 5.25 Å². The van der Waals surface area contributed by atoms with Crippen LogP contribution in [0.4, 0.5) is 0 Å². The topological polar surface area (TPSA) is 70.7 Å². The maximum Gasteiger partial charge on any atom is 0.233 e. The van der Waals surface area contributed by atoms with Gasteiger partial charge in [-0.3, -0.25) is 9.89 Å². The van der Waals surface area contributed by atoms with E-state index < -0.39 is 0 Å². The third-order valence-corrected chi connectivity index (χ3v) is 6.36. The first-order valence-corrected chi connectivity index (χ1v) is 10.3. The zero-order valence-electron chi connectivity index (χ0n) is 14.1. The number of carbonyl (C=O) groups is 1. The maximum absolute atomic E-state index is 12.4. The summed E-state index contributed by atoms with van der Waals surface area (Å²) < 4.78 is 0. The van der Waals surface area contributed by atoms with Crippen molar-refractivity contribution in [3.05, 3.63) is 28.2 Å². The molecule has 3 rings (SSSR count). The molecule has 1 saturated carbocycles. The van der Waals surface area contributed by atoms with Crippen LogP contribution in [0.2, 0.25) is 0 Å². The summed E-state index contributed by atoms with van der Waals surface area (Å²) in [7, 11) is 0. The molecule has 1 aliphatic rings. The standard InChI is InChI=1S/C17H24N4OS2/c1-11-6-3-4-8-14(11)18-16(22)12(2)24-17-19-15(20-21-17)10-13-7-5-9-23-13/h5,7,9,11-12,14H,3-4,6,8,10H2,1-2H3,(H,18,22)(H,19,20,21). The zero-order chi connectivity index (χ0) is 16.9. The second-order valence-corrected chi connectivity index (χ2v) is 8.80. The van der Waals surface area contributed by atoms with E-state index in [9.17, 15) is 4.79 Å². The van der Waals surface area contributed by atoms with Gasteiger partial charge in [-0.25, -0.2) is 4.98 Å². The molecule has 3 unspecified atom stereocenters. The Morgan fingerprint density at radius 3 is 3.08 bits per heavy atom. The Hall–Kier alpha value is -1.34. The Bertz CT molecular complexity index is 655. The van der Waals surface area contributed by atoms with E-state index in [0.29, 0.717) is 17.1 Å². The fourth-order valence-corrected chi connectivity index (χ4v) is 4.49. The highest BCUT2D eigenvalue weighted by Gasteiger charge is 2.25. The Morgan fingerprint density at radius 2 is 2.33 bits per heavy atom. The van der Waals surface area contributed by atoms with Crippen molar-refractivity contribution >= 4 is 29.0 Å². The van der Waals surface area contributed by atoms with Crippen LogP contribution in [0, 0.1) is 5.92 Å². The second-order valence-electron chi connectivity index (χ2n) is 6.46. The summed E-state index contributed by atoms with van der Waals surface area (Å²) in [6.07, 6.45) is 5.55. The molecule has 0 aromatic carbocycles. The number of nitrogens with zero attached hydrogens (tertiary/aromatic N) is 2. The van der Waals surface area contributed by atoms with Crippen molar-refractivity contribution in [3.8, 4) is 0 Å². The van der Waals surface area contributed by atoms with Gasteiger partial charge in [-0.15, -0.1) is 16.4 Å². The number of thioether (sulfide) groups is 1. The zero-order valence-corrected chi connectivity index (χ0v) is 15.8. The van der Waals surface area contributed by atoms with Crippen LogP contribution in [0.1, 0.15) is 50.2 Å². The summed E-state index contributed by atoms with van der Waals surface area (Å²) in [6, 6.07) is 4.43. The first-order chi connectivity index (χ1) is 11.6. The Morgan fingerprint density at radius 1 is 1.50 bits per heavy atom. The van der Waals surface area contributed by atoms with Crippen molar-refractivity contribution in [1.82, 2.24) is 20.5 Å². The summed E-state index contributed by atoms with van der Waals surface area (Å²) in [4.78, 5) is 18.2. The van der Waals surface area contributed by atoms with Crippen molar-refractivity contribution in [2.75, 3.05) is 0 Å². The molecule has 1 fully saturated rings.